The van der Waals surface area contributed by atoms with E-state index >= 15 is 0 Å². The van der Waals surface area contributed by atoms with Gasteiger partial charge in [0, 0.05) is 19.3 Å². The van der Waals surface area contributed by atoms with Gasteiger partial charge < -0.3 is 14.2 Å². The summed E-state index contributed by atoms with van der Waals surface area (Å²) in [4.78, 5) is 37.8. The van der Waals surface area contributed by atoms with E-state index in [2.05, 4.69) is 39.0 Å². The van der Waals surface area contributed by atoms with Gasteiger partial charge in [-0.25, -0.2) is 0 Å². The van der Waals surface area contributed by atoms with Crippen molar-refractivity contribution < 1.29 is 28.6 Å². The van der Waals surface area contributed by atoms with Crippen LogP contribution in [0.15, 0.2) is 109 Å². The van der Waals surface area contributed by atoms with Crippen molar-refractivity contribution in [3.8, 4) is 0 Å². The minimum absolute atomic E-state index is 0.120. The smallest absolute Gasteiger partial charge is 0.306 e. The summed E-state index contributed by atoms with van der Waals surface area (Å²) in [6, 6.07) is 0. The lowest BCUT2D eigenvalue weighted by Crippen LogP contribution is -2.30. The second kappa shape index (κ2) is 48.7. The molecule has 0 aliphatic carbocycles. The zero-order valence-electron chi connectivity index (χ0n) is 39.1. The van der Waals surface area contributed by atoms with Crippen molar-refractivity contribution in [1.82, 2.24) is 0 Å². The minimum atomic E-state index is -0.830. The third kappa shape index (κ3) is 47.0. The van der Waals surface area contributed by atoms with E-state index in [0.29, 0.717) is 19.3 Å². The summed E-state index contributed by atoms with van der Waals surface area (Å²) in [7, 11) is 0. The van der Waals surface area contributed by atoms with Crippen LogP contribution in [0.25, 0.3) is 0 Å². The lowest BCUT2D eigenvalue weighted by molar-refractivity contribution is -0.167. The summed E-state index contributed by atoms with van der Waals surface area (Å²) < 4.78 is 16.7. The van der Waals surface area contributed by atoms with Crippen LogP contribution in [-0.4, -0.2) is 37.2 Å². The van der Waals surface area contributed by atoms with E-state index in [9.17, 15) is 14.4 Å². The molecular weight excluding hydrogens is 757 g/mol. The van der Waals surface area contributed by atoms with Gasteiger partial charge in [0.15, 0.2) is 6.10 Å². The van der Waals surface area contributed by atoms with Crippen molar-refractivity contribution in [2.75, 3.05) is 13.2 Å². The number of hydrogen-bond donors (Lipinski definition) is 0. The van der Waals surface area contributed by atoms with Gasteiger partial charge in [-0.15, -0.1) is 0 Å². The molecule has 0 aliphatic rings. The molecule has 6 heteroatoms. The van der Waals surface area contributed by atoms with Gasteiger partial charge in [0.1, 0.15) is 13.2 Å². The van der Waals surface area contributed by atoms with Crippen molar-refractivity contribution in [3.63, 3.8) is 0 Å². The molecule has 0 fully saturated rings. The summed E-state index contributed by atoms with van der Waals surface area (Å²) >= 11 is 0. The quantitative estimate of drug-likeness (QED) is 0.0264. The van der Waals surface area contributed by atoms with Crippen molar-refractivity contribution in [2.45, 2.75) is 207 Å². The third-order valence-electron chi connectivity index (χ3n) is 10.00. The summed E-state index contributed by atoms with van der Waals surface area (Å²) in [5.74, 6) is -1.04. The normalized spacial score (nSPS) is 13.0. The van der Waals surface area contributed by atoms with Crippen LogP contribution in [0, 0.1) is 0 Å². The third-order valence-corrected chi connectivity index (χ3v) is 10.00. The second-order valence-electron chi connectivity index (χ2n) is 15.8. The predicted octanol–water partition coefficient (Wildman–Crippen LogP) is 16.0. The SMILES string of the molecule is CC/C=C/C=C/C=C/C=C/C=C/CCCC(=O)OC(COC(=O)CCCCC/C=C/C=C/C=C/C=C/CC)COC(=O)CCCCCCCCCCCCCCCCCCC. The van der Waals surface area contributed by atoms with Crippen LogP contribution in [0.2, 0.25) is 0 Å². The maximum absolute atomic E-state index is 12.7. The molecule has 0 spiro atoms. The molecular formula is C55H88O6. The summed E-state index contributed by atoms with van der Waals surface area (Å²) in [5, 5.41) is 0. The lowest BCUT2D eigenvalue weighted by atomic mass is 10.0. The zero-order valence-corrected chi connectivity index (χ0v) is 39.1. The molecule has 0 aromatic rings. The minimum Gasteiger partial charge on any atom is -0.462 e. The number of carbonyl (C=O) groups is 3. The average Bonchev–Trinajstić information content (AvgIpc) is 3.26. The first-order valence-corrected chi connectivity index (χ1v) is 24.5. The van der Waals surface area contributed by atoms with Gasteiger partial charge in [-0.3, -0.25) is 14.4 Å². The van der Waals surface area contributed by atoms with E-state index < -0.39 is 12.1 Å². The molecule has 0 radical (unpaired) electrons. The Bertz CT molecular complexity index is 1290. The number of esters is 3. The maximum atomic E-state index is 12.7. The molecule has 0 aromatic carbocycles. The number of rotatable bonds is 42. The fourth-order valence-corrected chi connectivity index (χ4v) is 6.36. The second-order valence-corrected chi connectivity index (χ2v) is 15.8. The van der Waals surface area contributed by atoms with Crippen LogP contribution in [-0.2, 0) is 28.6 Å². The Hall–Kier alpha value is -3.93. The molecule has 0 aliphatic heterocycles. The van der Waals surface area contributed by atoms with E-state index in [1.54, 1.807) is 0 Å². The molecule has 0 rings (SSSR count). The zero-order chi connectivity index (χ0) is 44.4. The Kier molecular flexibility index (Phi) is 45.6. The van der Waals surface area contributed by atoms with Crippen LogP contribution >= 0.6 is 0 Å². The largest absolute Gasteiger partial charge is 0.462 e. The molecule has 0 saturated carbocycles. The first kappa shape index (κ1) is 57.1. The molecule has 0 amide bonds. The van der Waals surface area contributed by atoms with Gasteiger partial charge >= 0.3 is 17.9 Å². The Balaban J connectivity index is 4.51. The molecule has 0 saturated heterocycles. The Morgan fingerprint density at radius 3 is 1.05 bits per heavy atom. The molecule has 0 heterocycles. The number of ether oxygens (including phenoxy) is 3. The molecule has 0 N–H and O–H groups in total. The molecule has 61 heavy (non-hydrogen) atoms. The van der Waals surface area contributed by atoms with Crippen LogP contribution in [0.5, 0.6) is 0 Å². The highest BCUT2D eigenvalue weighted by Gasteiger charge is 2.19. The number of carbonyl (C=O) groups excluding carboxylic acids is 3. The molecule has 0 bridgehead atoms. The Morgan fingerprint density at radius 1 is 0.344 bits per heavy atom. The van der Waals surface area contributed by atoms with Crippen molar-refractivity contribution in [2.24, 2.45) is 0 Å². The highest BCUT2D eigenvalue weighted by molar-refractivity contribution is 5.71. The topological polar surface area (TPSA) is 78.9 Å². The molecule has 1 atom stereocenters. The maximum Gasteiger partial charge on any atom is 0.306 e. The highest BCUT2D eigenvalue weighted by atomic mass is 16.6. The summed E-state index contributed by atoms with van der Waals surface area (Å²) in [6.07, 6.45) is 65.1. The van der Waals surface area contributed by atoms with Crippen LogP contribution in [0.3, 0.4) is 0 Å². The van der Waals surface area contributed by atoms with Crippen LogP contribution in [0.1, 0.15) is 201 Å². The standard InChI is InChI=1S/C55H88O6/c1-4-7-10-13-16-19-22-25-26-27-28-31-33-36-39-42-45-48-54(57)60-51-52(61-55(58)49-46-43-40-37-34-30-24-21-18-15-12-9-6-3)50-59-53(56)47-44-41-38-35-32-29-23-20-17-14-11-8-5-2/h8-9,11-12,14-15,17-18,20-21,23-24,29-30,32,34,37,40,52H,4-7,10,13,16,19,22,25-28,31,33,35-36,38-39,41-51H2,1-3H3/b11-8+,12-9+,17-14+,18-15+,23-20+,24-21+,32-29+,34-30+,40-37+. The van der Waals surface area contributed by atoms with Gasteiger partial charge in [0.05, 0.1) is 0 Å². The number of unbranched alkanes of at least 4 members (excludes halogenated alkanes) is 20. The first-order valence-electron chi connectivity index (χ1n) is 24.5. The van der Waals surface area contributed by atoms with Crippen LogP contribution < -0.4 is 0 Å². The number of hydrogen-bond acceptors (Lipinski definition) is 6. The van der Waals surface area contributed by atoms with E-state index in [-0.39, 0.29) is 31.6 Å². The summed E-state index contributed by atoms with van der Waals surface area (Å²) in [6.45, 7) is 6.24. The van der Waals surface area contributed by atoms with Gasteiger partial charge in [-0.05, 0) is 51.4 Å². The van der Waals surface area contributed by atoms with Crippen molar-refractivity contribution in [1.29, 1.82) is 0 Å². The lowest BCUT2D eigenvalue weighted by Gasteiger charge is -2.18. The van der Waals surface area contributed by atoms with Crippen molar-refractivity contribution in [3.05, 3.63) is 109 Å². The predicted molar refractivity (Wildman–Crippen MR) is 260 cm³/mol. The molecule has 6 nitrogen and oxygen atoms in total. The number of allylic oxidation sites excluding steroid dienone is 18. The van der Waals surface area contributed by atoms with Crippen molar-refractivity contribution >= 4 is 17.9 Å². The van der Waals surface area contributed by atoms with E-state index in [1.807, 2.05) is 91.1 Å². The van der Waals surface area contributed by atoms with E-state index in [4.69, 9.17) is 14.2 Å². The van der Waals surface area contributed by atoms with Gasteiger partial charge in [0.25, 0.3) is 0 Å². The van der Waals surface area contributed by atoms with Gasteiger partial charge in [0.2, 0.25) is 0 Å². The average molecular weight is 845 g/mol. The van der Waals surface area contributed by atoms with E-state index in [1.165, 1.54) is 89.9 Å². The van der Waals surface area contributed by atoms with E-state index in [0.717, 1.165) is 64.2 Å². The van der Waals surface area contributed by atoms with Gasteiger partial charge in [-0.1, -0.05) is 239 Å². The first-order chi connectivity index (χ1) is 30.0. The molecule has 1 unspecified atom stereocenters. The van der Waals surface area contributed by atoms with Crippen LogP contribution in [0.4, 0.5) is 0 Å². The molecule has 0 aromatic heterocycles. The fraction of sp³-hybridized carbons (Fsp3) is 0.618. The monoisotopic (exact) mass is 845 g/mol. The van der Waals surface area contributed by atoms with Gasteiger partial charge in [-0.2, -0.15) is 0 Å². The fourth-order valence-electron chi connectivity index (χ4n) is 6.36. The Morgan fingerprint density at radius 2 is 0.656 bits per heavy atom. The Labute approximate surface area is 374 Å². The highest BCUT2D eigenvalue weighted by Crippen LogP contribution is 2.15. The molecule has 344 valence electrons. The summed E-state index contributed by atoms with van der Waals surface area (Å²) in [5.41, 5.74) is 0.